The van der Waals surface area contributed by atoms with Gasteiger partial charge in [0, 0.05) is 21.8 Å². The zero-order valence-corrected chi connectivity index (χ0v) is 20.5. The van der Waals surface area contributed by atoms with Gasteiger partial charge in [0.25, 0.3) is 0 Å². The molecule has 0 bridgehead atoms. The molecule has 0 atom stereocenters. The molecule has 0 spiro atoms. The lowest BCUT2D eigenvalue weighted by Crippen LogP contribution is -2.22. The van der Waals surface area contributed by atoms with E-state index in [1.165, 1.54) is 25.1 Å². The molecule has 0 saturated heterocycles. The minimum Gasteiger partial charge on any atom is -0.494 e. The minimum atomic E-state index is -3.88. The van der Waals surface area contributed by atoms with Crippen molar-refractivity contribution >= 4 is 48.8 Å². The van der Waals surface area contributed by atoms with E-state index in [4.69, 9.17) is 4.74 Å². The Labute approximate surface area is 201 Å². The van der Waals surface area contributed by atoms with Crippen LogP contribution in [0, 0.1) is 0 Å². The number of rotatable bonds is 9. The molecule has 3 aromatic carbocycles. The number of hydrogen-bond acceptors (Lipinski definition) is 6. The Hall–Kier alpha value is -3.17. The first-order valence-electron chi connectivity index (χ1n) is 10.1. The Morgan fingerprint density at radius 3 is 2.39 bits per heavy atom. The molecule has 1 amide bonds. The normalized spacial score (nSPS) is 11.0. The molecule has 0 aliphatic rings. The molecule has 9 heteroatoms. The highest BCUT2D eigenvalue weighted by molar-refractivity contribution is 9.10. The van der Waals surface area contributed by atoms with Crippen LogP contribution in [-0.2, 0) is 14.6 Å². The summed E-state index contributed by atoms with van der Waals surface area (Å²) in [6, 6.07) is 17.6. The zero-order valence-electron chi connectivity index (χ0n) is 18.1. The van der Waals surface area contributed by atoms with Gasteiger partial charge >= 0.3 is 0 Å². The maximum absolute atomic E-state index is 13.3. The molecule has 0 saturated carbocycles. The average molecular weight is 531 g/mol. The van der Waals surface area contributed by atoms with Crippen LogP contribution < -0.4 is 15.4 Å². The lowest BCUT2D eigenvalue weighted by molar-refractivity contribution is -0.114. The van der Waals surface area contributed by atoms with E-state index in [0.29, 0.717) is 23.6 Å². The summed E-state index contributed by atoms with van der Waals surface area (Å²) < 4.78 is 32.9. The quantitative estimate of drug-likeness (QED) is 0.380. The van der Waals surface area contributed by atoms with Crippen LogP contribution in [0.25, 0.3) is 0 Å². The van der Waals surface area contributed by atoms with Crippen molar-refractivity contribution in [1.82, 2.24) is 0 Å². The lowest BCUT2D eigenvalue weighted by atomic mass is 10.1. The van der Waals surface area contributed by atoms with Crippen LogP contribution in [0.15, 0.2) is 81.0 Å². The largest absolute Gasteiger partial charge is 0.494 e. The molecule has 3 rings (SSSR count). The first-order valence-corrected chi connectivity index (χ1v) is 12.4. The monoisotopic (exact) mass is 530 g/mol. The number of carbonyl (C=O) groups is 2. The van der Waals surface area contributed by atoms with Gasteiger partial charge in [-0.25, -0.2) is 8.42 Å². The van der Waals surface area contributed by atoms with E-state index in [2.05, 4.69) is 26.6 Å². The van der Waals surface area contributed by atoms with Gasteiger partial charge in [-0.2, -0.15) is 0 Å². The van der Waals surface area contributed by atoms with Crippen molar-refractivity contribution in [2.24, 2.45) is 0 Å². The fourth-order valence-corrected chi connectivity index (χ4v) is 4.78. The van der Waals surface area contributed by atoms with Crippen LogP contribution in [0.3, 0.4) is 0 Å². The number of carbonyl (C=O) groups excluding carboxylic acids is 2. The molecule has 0 radical (unpaired) electrons. The van der Waals surface area contributed by atoms with Crippen LogP contribution >= 0.6 is 15.9 Å². The van der Waals surface area contributed by atoms with E-state index >= 15 is 0 Å². The standard InChI is InChI=1S/C24H23BrN2O5S/c1-3-32-20-9-12-22(23(14-20)33(30,31)21-10-7-18(25)8-11-21)26-15-24(29)27-19-6-4-5-17(13-19)16(2)28/h4-14,26H,3,15H2,1-2H3,(H,27,29). The number of anilines is 2. The highest BCUT2D eigenvalue weighted by atomic mass is 79.9. The molecule has 0 aliphatic heterocycles. The summed E-state index contributed by atoms with van der Waals surface area (Å²) in [4.78, 5) is 24.1. The molecule has 0 heterocycles. The van der Waals surface area contributed by atoms with E-state index in [1.807, 2.05) is 0 Å². The third kappa shape index (κ3) is 6.21. The molecule has 172 valence electrons. The minimum absolute atomic E-state index is 0.00199. The third-order valence-electron chi connectivity index (χ3n) is 4.67. The van der Waals surface area contributed by atoms with Crippen molar-refractivity contribution in [2.75, 3.05) is 23.8 Å². The number of amides is 1. The summed E-state index contributed by atoms with van der Waals surface area (Å²) >= 11 is 3.30. The number of nitrogens with one attached hydrogen (secondary N) is 2. The Balaban J connectivity index is 1.84. The Kier molecular flexibility index (Phi) is 7.88. The molecule has 3 aromatic rings. The number of benzene rings is 3. The van der Waals surface area contributed by atoms with Gasteiger partial charge in [0.05, 0.1) is 28.6 Å². The molecule has 2 N–H and O–H groups in total. The van der Waals surface area contributed by atoms with Gasteiger partial charge in [0.1, 0.15) is 5.75 Å². The summed E-state index contributed by atoms with van der Waals surface area (Å²) in [6.45, 7) is 3.45. The topological polar surface area (TPSA) is 102 Å². The van der Waals surface area contributed by atoms with Crippen LogP contribution in [0.4, 0.5) is 11.4 Å². The number of Topliss-reactive ketones (excluding diaryl/α,β-unsaturated/α-hetero) is 1. The Bertz CT molecular complexity index is 1270. The number of sulfone groups is 1. The SMILES string of the molecule is CCOc1ccc(NCC(=O)Nc2cccc(C(C)=O)c2)c(S(=O)(=O)c2ccc(Br)cc2)c1. The van der Waals surface area contributed by atoms with Gasteiger partial charge in [-0.15, -0.1) is 0 Å². The molecule has 0 aromatic heterocycles. The predicted octanol–water partition coefficient (Wildman–Crippen LogP) is 4.93. The zero-order chi connectivity index (χ0) is 24.0. The highest BCUT2D eigenvalue weighted by Crippen LogP contribution is 2.32. The second kappa shape index (κ2) is 10.6. The van der Waals surface area contributed by atoms with Crippen LogP contribution in [0.1, 0.15) is 24.2 Å². The van der Waals surface area contributed by atoms with Gasteiger partial charge in [0.15, 0.2) is 5.78 Å². The van der Waals surface area contributed by atoms with E-state index in [9.17, 15) is 18.0 Å². The second-order valence-corrected chi connectivity index (χ2v) is 9.92. The second-order valence-electron chi connectivity index (χ2n) is 7.09. The fraction of sp³-hybridized carbons (Fsp3) is 0.167. The number of ether oxygens (including phenoxy) is 1. The van der Waals surface area contributed by atoms with Gasteiger partial charge in [0.2, 0.25) is 15.7 Å². The van der Waals surface area contributed by atoms with E-state index < -0.39 is 15.7 Å². The van der Waals surface area contributed by atoms with E-state index in [1.54, 1.807) is 55.5 Å². The number of halogens is 1. The summed E-state index contributed by atoms with van der Waals surface area (Å²) in [6.07, 6.45) is 0. The number of ketones is 1. The van der Waals surface area contributed by atoms with Gasteiger partial charge in [-0.3, -0.25) is 9.59 Å². The fourth-order valence-electron chi connectivity index (χ4n) is 3.06. The van der Waals surface area contributed by atoms with Crippen LogP contribution in [-0.4, -0.2) is 33.3 Å². The van der Waals surface area contributed by atoms with Gasteiger partial charge in [-0.1, -0.05) is 28.1 Å². The van der Waals surface area contributed by atoms with Crippen LogP contribution in [0.2, 0.25) is 0 Å². The lowest BCUT2D eigenvalue weighted by Gasteiger charge is -2.15. The van der Waals surface area contributed by atoms with Crippen molar-refractivity contribution in [2.45, 2.75) is 23.6 Å². The van der Waals surface area contributed by atoms with Crippen molar-refractivity contribution in [1.29, 1.82) is 0 Å². The first kappa shape index (κ1) is 24.5. The molecular weight excluding hydrogens is 508 g/mol. The predicted molar refractivity (Wildman–Crippen MR) is 131 cm³/mol. The van der Waals surface area contributed by atoms with E-state index in [-0.39, 0.29) is 27.8 Å². The molecule has 7 nitrogen and oxygen atoms in total. The molecule has 0 unspecified atom stereocenters. The first-order chi connectivity index (χ1) is 15.7. The van der Waals surface area contributed by atoms with Gasteiger partial charge in [-0.05, 0) is 62.4 Å². The summed E-state index contributed by atoms with van der Waals surface area (Å²) in [7, 11) is -3.88. The Morgan fingerprint density at radius 2 is 1.73 bits per heavy atom. The number of hydrogen-bond donors (Lipinski definition) is 2. The van der Waals surface area contributed by atoms with Gasteiger partial charge < -0.3 is 15.4 Å². The van der Waals surface area contributed by atoms with E-state index in [0.717, 1.165) is 4.47 Å². The van der Waals surface area contributed by atoms with Crippen molar-refractivity contribution in [3.63, 3.8) is 0 Å². The van der Waals surface area contributed by atoms with Crippen molar-refractivity contribution in [3.8, 4) is 5.75 Å². The highest BCUT2D eigenvalue weighted by Gasteiger charge is 2.23. The summed E-state index contributed by atoms with van der Waals surface area (Å²) in [5.41, 5.74) is 1.23. The van der Waals surface area contributed by atoms with Crippen LogP contribution in [0.5, 0.6) is 5.75 Å². The summed E-state index contributed by atoms with van der Waals surface area (Å²) in [5.74, 6) is -0.0952. The average Bonchev–Trinajstić information content (AvgIpc) is 2.79. The summed E-state index contributed by atoms with van der Waals surface area (Å²) in [5, 5.41) is 5.61. The molecule has 33 heavy (non-hydrogen) atoms. The smallest absolute Gasteiger partial charge is 0.243 e. The molecular formula is C24H23BrN2O5S. The van der Waals surface area contributed by atoms with Crippen molar-refractivity contribution < 1.29 is 22.7 Å². The van der Waals surface area contributed by atoms with Crippen molar-refractivity contribution in [3.05, 3.63) is 76.8 Å². The maximum atomic E-state index is 13.3. The molecule has 0 aliphatic carbocycles. The maximum Gasteiger partial charge on any atom is 0.243 e. The molecule has 0 fully saturated rings. The third-order valence-corrected chi connectivity index (χ3v) is 7.01. The Morgan fingerprint density at radius 1 is 1.00 bits per heavy atom.